The lowest BCUT2D eigenvalue weighted by atomic mass is 10.0. The van der Waals surface area contributed by atoms with Crippen LogP contribution in [0.2, 0.25) is 0 Å². The Morgan fingerprint density at radius 2 is 1.50 bits per heavy atom. The standard InChI is InChI=1S/C24H34F2N2/c1-3-4-5-6-7-8-13-21-17-27-24(28-18-21)22-15-14-20(16-23(22)26)12-10-9-11-19(2)25/h14-19H,3-13H2,1-2H3. The largest absolute Gasteiger partial charge is 0.248 e. The van der Waals surface area contributed by atoms with Crippen molar-refractivity contribution in [3.8, 4) is 11.4 Å². The van der Waals surface area contributed by atoms with Crippen molar-refractivity contribution in [1.29, 1.82) is 0 Å². The van der Waals surface area contributed by atoms with Crippen LogP contribution in [-0.2, 0) is 12.8 Å². The zero-order chi connectivity index (χ0) is 20.2. The van der Waals surface area contributed by atoms with Gasteiger partial charge in [-0.25, -0.2) is 18.7 Å². The van der Waals surface area contributed by atoms with Crippen molar-refractivity contribution in [2.45, 2.75) is 90.6 Å². The Bertz CT molecular complexity index is 684. The highest BCUT2D eigenvalue weighted by atomic mass is 19.1. The molecule has 1 heterocycles. The predicted molar refractivity (Wildman–Crippen MR) is 113 cm³/mol. The SMILES string of the molecule is CCCCCCCCc1cnc(-c2ccc(CCCCC(C)F)cc2F)nc1. The molecule has 0 aliphatic rings. The van der Waals surface area contributed by atoms with Gasteiger partial charge < -0.3 is 0 Å². The highest BCUT2D eigenvalue weighted by molar-refractivity contribution is 5.56. The van der Waals surface area contributed by atoms with E-state index in [1.165, 1.54) is 32.1 Å². The summed E-state index contributed by atoms with van der Waals surface area (Å²) in [7, 11) is 0. The molecule has 0 fully saturated rings. The van der Waals surface area contributed by atoms with Crippen LogP contribution < -0.4 is 0 Å². The van der Waals surface area contributed by atoms with E-state index in [2.05, 4.69) is 16.9 Å². The lowest BCUT2D eigenvalue weighted by Crippen LogP contribution is -1.97. The van der Waals surface area contributed by atoms with Gasteiger partial charge in [0.25, 0.3) is 0 Å². The first-order chi connectivity index (χ1) is 13.6. The van der Waals surface area contributed by atoms with Gasteiger partial charge in [0.05, 0.1) is 11.7 Å². The second kappa shape index (κ2) is 12.6. The number of alkyl halides is 1. The van der Waals surface area contributed by atoms with Gasteiger partial charge in [-0.3, -0.25) is 0 Å². The van der Waals surface area contributed by atoms with Crippen LogP contribution in [0.15, 0.2) is 30.6 Å². The molecule has 0 amide bonds. The molecule has 1 aromatic heterocycles. The first-order valence-corrected chi connectivity index (χ1v) is 10.8. The molecule has 2 nitrogen and oxygen atoms in total. The molecule has 2 rings (SSSR count). The number of benzene rings is 1. The van der Waals surface area contributed by atoms with E-state index in [1.54, 1.807) is 19.1 Å². The van der Waals surface area contributed by atoms with Gasteiger partial charge in [-0.05, 0) is 62.3 Å². The summed E-state index contributed by atoms with van der Waals surface area (Å²) in [5, 5.41) is 0. The third-order valence-electron chi connectivity index (χ3n) is 5.12. The quantitative estimate of drug-likeness (QED) is 0.338. The minimum atomic E-state index is -0.764. The normalized spacial score (nSPS) is 12.3. The number of aryl methyl sites for hydroxylation is 2. The Morgan fingerprint density at radius 3 is 2.18 bits per heavy atom. The molecule has 0 aliphatic carbocycles. The fourth-order valence-electron chi connectivity index (χ4n) is 3.38. The molecule has 1 atom stereocenters. The lowest BCUT2D eigenvalue weighted by molar-refractivity contribution is 0.331. The van der Waals surface area contributed by atoms with E-state index in [0.717, 1.165) is 43.2 Å². The van der Waals surface area contributed by atoms with Gasteiger partial charge in [-0.15, -0.1) is 0 Å². The molecule has 0 saturated carbocycles. The molecule has 0 aliphatic heterocycles. The highest BCUT2D eigenvalue weighted by Crippen LogP contribution is 2.21. The van der Waals surface area contributed by atoms with Crippen LogP contribution in [0, 0.1) is 5.82 Å². The predicted octanol–water partition coefficient (Wildman–Crippen LogP) is 7.26. The van der Waals surface area contributed by atoms with E-state index < -0.39 is 6.17 Å². The summed E-state index contributed by atoms with van der Waals surface area (Å²) in [5.41, 5.74) is 2.48. The van der Waals surface area contributed by atoms with Crippen LogP contribution in [0.3, 0.4) is 0 Å². The molecule has 0 bridgehead atoms. The molecule has 1 unspecified atom stereocenters. The number of hydrogen-bond donors (Lipinski definition) is 0. The number of unbranched alkanes of at least 4 members (excludes halogenated alkanes) is 6. The number of nitrogens with zero attached hydrogens (tertiary/aromatic N) is 2. The topological polar surface area (TPSA) is 25.8 Å². The third kappa shape index (κ3) is 8.04. The number of halogens is 2. The van der Waals surface area contributed by atoms with Crippen LogP contribution in [0.25, 0.3) is 11.4 Å². The average molecular weight is 389 g/mol. The van der Waals surface area contributed by atoms with Crippen molar-refractivity contribution in [3.05, 3.63) is 47.5 Å². The van der Waals surface area contributed by atoms with E-state index in [0.29, 0.717) is 17.8 Å². The Kier molecular flexibility index (Phi) is 10.1. The van der Waals surface area contributed by atoms with E-state index in [1.807, 2.05) is 18.5 Å². The molecule has 154 valence electrons. The Morgan fingerprint density at radius 1 is 0.857 bits per heavy atom. The minimum absolute atomic E-state index is 0.292. The Balaban J connectivity index is 1.83. The van der Waals surface area contributed by atoms with Crippen LogP contribution in [-0.4, -0.2) is 16.1 Å². The fraction of sp³-hybridized carbons (Fsp3) is 0.583. The molecule has 0 saturated heterocycles. The second-order valence-corrected chi connectivity index (χ2v) is 7.77. The van der Waals surface area contributed by atoms with Gasteiger partial charge in [0.1, 0.15) is 5.82 Å². The third-order valence-corrected chi connectivity index (χ3v) is 5.12. The summed E-state index contributed by atoms with van der Waals surface area (Å²) in [6, 6.07) is 5.23. The van der Waals surface area contributed by atoms with Crippen LogP contribution >= 0.6 is 0 Å². The lowest BCUT2D eigenvalue weighted by Gasteiger charge is -2.07. The maximum Gasteiger partial charge on any atom is 0.162 e. The van der Waals surface area contributed by atoms with Crippen LogP contribution in [0.4, 0.5) is 8.78 Å². The van der Waals surface area contributed by atoms with Crippen molar-refractivity contribution in [3.63, 3.8) is 0 Å². The van der Waals surface area contributed by atoms with Crippen molar-refractivity contribution < 1.29 is 8.78 Å². The van der Waals surface area contributed by atoms with E-state index in [-0.39, 0.29) is 5.82 Å². The zero-order valence-corrected chi connectivity index (χ0v) is 17.4. The maximum atomic E-state index is 14.5. The number of rotatable bonds is 13. The van der Waals surface area contributed by atoms with Gasteiger partial charge in [-0.1, -0.05) is 51.5 Å². The van der Waals surface area contributed by atoms with Gasteiger partial charge in [-0.2, -0.15) is 0 Å². The molecule has 2 aromatic rings. The minimum Gasteiger partial charge on any atom is -0.248 e. The summed E-state index contributed by atoms with van der Waals surface area (Å²) < 4.78 is 27.3. The van der Waals surface area contributed by atoms with Crippen molar-refractivity contribution in [2.24, 2.45) is 0 Å². The van der Waals surface area contributed by atoms with Crippen molar-refractivity contribution >= 4 is 0 Å². The number of aromatic nitrogens is 2. The summed E-state index contributed by atoms with van der Waals surface area (Å²) in [6.07, 6.45) is 14.5. The van der Waals surface area contributed by atoms with Crippen molar-refractivity contribution in [2.75, 3.05) is 0 Å². The first kappa shape index (κ1) is 22.4. The first-order valence-electron chi connectivity index (χ1n) is 10.8. The summed E-state index contributed by atoms with van der Waals surface area (Å²) in [5.74, 6) is 0.141. The molecule has 28 heavy (non-hydrogen) atoms. The molecule has 0 radical (unpaired) electrons. The Hall–Kier alpha value is -1.84. The molecular formula is C24H34F2N2. The summed E-state index contributed by atoms with van der Waals surface area (Å²) in [4.78, 5) is 8.74. The number of hydrogen-bond acceptors (Lipinski definition) is 2. The zero-order valence-electron chi connectivity index (χ0n) is 17.4. The fourth-order valence-corrected chi connectivity index (χ4v) is 3.38. The Labute approximate surface area is 168 Å². The van der Waals surface area contributed by atoms with E-state index >= 15 is 0 Å². The average Bonchev–Trinajstić information content (AvgIpc) is 2.68. The van der Waals surface area contributed by atoms with E-state index in [9.17, 15) is 8.78 Å². The molecule has 0 N–H and O–H groups in total. The molecule has 4 heteroatoms. The van der Waals surface area contributed by atoms with Crippen molar-refractivity contribution in [1.82, 2.24) is 9.97 Å². The van der Waals surface area contributed by atoms with E-state index in [4.69, 9.17) is 0 Å². The smallest absolute Gasteiger partial charge is 0.162 e. The van der Waals surface area contributed by atoms with Gasteiger partial charge in [0.2, 0.25) is 0 Å². The second-order valence-electron chi connectivity index (χ2n) is 7.77. The molecule has 1 aromatic carbocycles. The molecular weight excluding hydrogens is 354 g/mol. The summed E-state index contributed by atoms with van der Waals surface area (Å²) in [6.45, 7) is 3.80. The molecule has 0 spiro atoms. The highest BCUT2D eigenvalue weighted by Gasteiger charge is 2.09. The van der Waals surface area contributed by atoms with Crippen LogP contribution in [0.5, 0.6) is 0 Å². The van der Waals surface area contributed by atoms with Gasteiger partial charge in [0.15, 0.2) is 5.82 Å². The maximum absolute atomic E-state index is 14.5. The van der Waals surface area contributed by atoms with Gasteiger partial charge >= 0.3 is 0 Å². The van der Waals surface area contributed by atoms with Crippen LogP contribution in [0.1, 0.15) is 82.8 Å². The monoisotopic (exact) mass is 388 g/mol. The summed E-state index contributed by atoms with van der Waals surface area (Å²) >= 11 is 0. The van der Waals surface area contributed by atoms with Gasteiger partial charge in [0, 0.05) is 12.4 Å².